The number of hydrogen-bond acceptors (Lipinski definition) is 4. The predicted molar refractivity (Wildman–Crippen MR) is 73.0 cm³/mol. The Morgan fingerprint density at radius 3 is 2.84 bits per heavy atom. The molecule has 0 aromatic heterocycles. The summed E-state index contributed by atoms with van der Waals surface area (Å²) in [5.41, 5.74) is 3.04. The van der Waals surface area contributed by atoms with E-state index in [4.69, 9.17) is 0 Å². The maximum absolute atomic E-state index is 11.4. The van der Waals surface area contributed by atoms with E-state index < -0.39 is 0 Å². The molecule has 5 nitrogen and oxygen atoms in total. The van der Waals surface area contributed by atoms with Gasteiger partial charge in [0.2, 0.25) is 5.91 Å². The standard InChI is InChI=1S/C14H19N3O2/c18-9-13(17-5-3-15-4-6-17)10-1-2-12-11(7-10)8-14(19)16-12/h1-2,7,13,15,18H,3-6,8-9H2,(H,16,19). The number of anilines is 1. The van der Waals surface area contributed by atoms with Gasteiger partial charge in [-0.05, 0) is 17.2 Å². The number of amides is 1. The predicted octanol–water partition coefficient (Wildman–Crippen LogP) is 0.120. The van der Waals surface area contributed by atoms with Gasteiger partial charge in [-0.2, -0.15) is 0 Å². The van der Waals surface area contributed by atoms with Crippen LogP contribution in [0.4, 0.5) is 5.69 Å². The number of piperazine rings is 1. The first-order chi connectivity index (χ1) is 9.28. The van der Waals surface area contributed by atoms with Crippen molar-refractivity contribution < 1.29 is 9.90 Å². The van der Waals surface area contributed by atoms with Crippen LogP contribution >= 0.6 is 0 Å². The number of benzene rings is 1. The number of hydrogen-bond donors (Lipinski definition) is 3. The molecule has 102 valence electrons. The lowest BCUT2D eigenvalue weighted by atomic mass is 10.0. The Balaban J connectivity index is 1.83. The molecule has 1 unspecified atom stereocenters. The summed E-state index contributed by atoms with van der Waals surface area (Å²) < 4.78 is 0. The third kappa shape index (κ3) is 2.49. The van der Waals surface area contributed by atoms with E-state index in [-0.39, 0.29) is 18.6 Å². The largest absolute Gasteiger partial charge is 0.394 e. The van der Waals surface area contributed by atoms with Gasteiger partial charge < -0.3 is 15.7 Å². The van der Waals surface area contributed by atoms with Crippen molar-refractivity contribution in [2.24, 2.45) is 0 Å². The highest BCUT2D eigenvalue weighted by molar-refractivity contribution is 5.99. The maximum atomic E-state index is 11.4. The first-order valence-electron chi connectivity index (χ1n) is 6.76. The van der Waals surface area contributed by atoms with Crippen LogP contribution in [0.25, 0.3) is 0 Å². The molecule has 1 atom stereocenters. The number of aliphatic hydroxyl groups is 1. The molecule has 3 N–H and O–H groups in total. The number of aliphatic hydroxyl groups excluding tert-OH is 1. The van der Waals surface area contributed by atoms with Crippen LogP contribution in [0.3, 0.4) is 0 Å². The van der Waals surface area contributed by atoms with Crippen LogP contribution in [-0.4, -0.2) is 48.7 Å². The molecule has 19 heavy (non-hydrogen) atoms. The maximum Gasteiger partial charge on any atom is 0.228 e. The number of rotatable bonds is 3. The summed E-state index contributed by atoms with van der Waals surface area (Å²) >= 11 is 0. The smallest absolute Gasteiger partial charge is 0.228 e. The Morgan fingerprint density at radius 1 is 1.32 bits per heavy atom. The quantitative estimate of drug-likeness (QED) is 0.723. The molecule has 3 rings (SSSR count). The van der Waals surface area contributed by atoms with E-state index >= 15 is 0 Å². The topological polar surface area (TPSA) is 64.6 Å². The molecule has 0 saturated carbocycles. The van der Waals surface area contributed by atoms with Crippen LogP contribution in [-0.2, 0) is 11.2 Å². The molecule has 0 aliphatic carbocycles. The van der Waals surface area contributed by atoms with Gasteiger partial charge in [0, 0.05) is 31.9 Å². The molecule has 0 spiro atoms. The van der Waals surface area contributed by atoms with Crippen LogP contribution < -0.4 is 10.6 Å². The van der Waals surface area contributed by atoms with Gasteiger partial charge in [0.1, 0.15) is 0 Å². The molecule has 5 heteroatoms. The molecule has 1 saturated heterocycles. The third-order valence-corrected chi connectivity index (χ3v) is 3.90. The summed E-state index contributed by atoms with van der Waals surface area (Å²) in [6.07, 6.45) is 0.447. The third-order valence-electron chi connectivity index (χ3n) is 3.90. The van der Waals surface area contributed by atoms with Crippen LogP contribution in [0, 0.1) is 0 Å². The van der Waals surface area contributed by atoms with Gasteiger partial charge in [0.25, 0.3) is 0 Å². The van der Waals surface area contributed by atoms with Crippen LogP contribution in [0.5, 0.6) is 0 Å². The van der Waals surface area contributed by atoms with Gasteiger partial charge >= 0.3 is 0 Å². The number of nitrogens with one attached hydrogen (secondary N) is 2. The summed E-state index contributed by atoms with van der Waals surface area (Å²) in [6, 6.07) is 6.03. The Morgan fingerprint density at radius 2 is 2.11 bits per heavy atom. The summed E-state index contributed by atoms with van der Waals surface area (Å²) in [7, 11) is 0. The fourth-order valence-corrected chi connectivity index (χ4v) is 2.88. The van der Waals surface area contributed by atoms with Crippen LogP contribution in [0.2, 0.25) is 0 Å². The number of carbonyl (C=O) groups excluding carboxylic acids is 1. The SMILES string of the molecule is O=C1Cc2cc(C(CO)N3CCNCC3)ccc2N1. The van der Waals surface area contributed by atoms with Crippen molar-refractivity contribution in [2.45, 2.75) is 12.5 Å². The lowest BCUT2D eigenvalue weighted by Crippen LogP contribution is -2.46. The Bertz CT molecular complexity index is 484. The lowest BCUT2D eigenvalue weighted by molar-refractivity contribution is -0.115. The van der Waals surface area contributed by atoms with E-state index in [1.807, 2.05) is 12.1 Å². The number of carbonyl (C=O) groups is 1. The molecule has 2 aliphatic rings. The van der Waals surface area contributed by atoms with E-state index in [1.165, 1.54) is 0 Å². The normalized spacial score (nSPS) is 21.0. The highest BCUT2D eigenvalue weighted by atomic mass is 16.3. The average molecular weight is 261 g/mol. The zero-order valence-corrected chi connectivity index (χ0v) is 10.9. The molecule has 1 aromatic rings. The number of fused-ring (bicyclic) bond motifs is 1. The fourth-order valence-electron chi connectivity index (χ4n) is 2.88. The first kappa shape index (κ1) is 12.6. The molecule has 1 amide bonds. The molecule has 2 heterocycles. The van der Waals surface area contributed by atoms with E-state index in [9.17, 15) is 9.90 Å². The summed E-state index contributed by atoms with van der Waals surface area (Å²) in [5, 5.41) is 15.8. The molecule has 0 bridgehead atoms. The second-order valence-electron chi connectivity index (χ2n) is 5.13. The molecule has 1 aromatic carbocycles. The van der Waals surface area contributed by atoms with Gasteiger partial charge in [-0.1, -0.05) is 12.1 Å². The second kappa shape index (κ2) is 5.28. The van der Waals surface area contributed by atoms with Gasteiger partial charge in [-0.15, -0.1) is 0 Å². The summed E-state index contributed by atoms with van der Waals surface area (Å²) in [6.45, 7) is 3.92. The molecule has 2 aliphatic heterocycles. The summed E-state index contributed by atoms with van der Waals surface area (Å²) in [5.74, 6) is 0.0508. The van der Waals surface area contributed by atoms with Gasteiger partial charge in [0.05, 0.1) is 19.1 Å². The second-order valence-corrected chi connectivity index (χ2v) is 5.13. The highest BCUT2D eigenvalue weighted by Gasteiger charge is 2.24. The Labute approximate surface area is 112 Å². The zero-order valence-electron chi connectivity index (χ0n) is 10.9. The van der Waals surface area contributed by atoms with Crippen molar-refractivity contribution in [3.8, 4) is 0 Å². The van der Waals surface area contributed by atoms with E-state index in [1.54, 1.807) is 0 Å². The van der Waals surface area contributed by atoms with E-state index in [0.717, 1.165) is 43.0 Å². The van der Waals surface area contributed by atoms with Crippen molar-refractivity contribution in [3.63, 3.8) is 0 Å². The minimum absolute atomic E-state index is 0.0307. The first-order valence-corrected chi connectivity index (χ1v) is 6.76. The minimum atomic E-state index is 0.0307. The zero-order chi connectivity index (χ0) is 13.2. The molecule has 1 fully saturated rings. The molecular formula is C14H19N3O2. The number of nitrogens with zero attached hydrogens (tertiary/aromatic N) is 1. The Hall–Kier alpha value is -1.43. The average Bonchev–Trinajstić information content (AvgIpc) is 2.80. The lowest BCUT2D eigenvalue weighted by Gasteiger charge is -2.34. The van der Waals surface area contributed by atoms with Crippen molar-refractivity contribution in [1.29, 1.82) is 0 Å². The minimum Gasteiger partial charge on any atom is -0.394 e. The van der Waals surface area contributed by atoms with Crippen molar-refractivity contribution in [3.05, 3.63) is 29.3 Å². The highest BCUT2D eigenvalue weighted by Crippen LogP contribution is 2.28. The van der Waals surface area contributed by atoms with Gasteiger partial charge in [0.15, 0.2) is 0 Å². The van der Waals surface area contributed by atoms with Crippen molar-refractivity contribution in [2.75, 3.05) is 38.1 Å². The van der Waals surface area contributed by atoms with Crippen molar-refractivity contribution in [1.82, 2.24) is 10.2 Å². The van der Waals surface area contributed by atoms with Crippen LogP contribution in [0.15, 0.2) is 18.2 Å². The van der Waals surface area contributed by atoms with E-state index in [2.05, 4.69) is 21.6 Å². The Kier molecular flexibility index (Phi) is 3.50. The molecular weight excluding hydrogens is 242 g/mol. The van der Waals surface area contributed by atoms with Gasteiger partial charge in [-0.3, -0.25) is 9.69 Å². The molecule has 0 radical (unpaired) electrons. The fraction of sp³-hybridized carbons (Fsp3) is 0.500. The van der Waals surface area contributed by atoms with Crippen LogP contribution in [0.1, 0.15) is 17.2 Å². The summed E-state index contributed by atoms with van der Waals surface area (Å²) in [4.78, 5) is 13.7. The van der Waals surface area contributed by atoms with E-state index in [0.29, 0.717) is 6.42 Å². The monoisotopic (exact) mass is 261 g/mol. The van der Waals surface area contributed by atoms with Crippen molar-refractivity contribution >= 4 is 11.6 Å². The van der Waals surface area contributed by atoms with Gasteiger partial charge in [-0.25, -0.2) is 0 Å².